The molecule has 5 rings (SSSR count). The normalized spacial score (nSPS) is 11.3. The van der Waals surface area contributed by atoms with Crippen LogP contribution in [-0.2, 0) is 17.9 Å². The summed E-state index contributed by atoms with van der Waals surface area (Å²) in [5.74, 6) is 0.820. The van der Waals surface area contributed by atoms with Gasteiger partial charge in [0.2, 0.25) is 0 Å². The molecule has 178 valence electrons. The monoisotopic (exact) mass is 486 g/mol. The first-order valence-corrected chi connectivity index (χ1v) is 12.5. The highest BCUT2D eigenvalue weighted by Crippen LogP contribution is 2.35. The molecular formula is C28H26N2O4S. The summed E-state index contributed by atoms with van der Waals surface area (Å²) in [5, 5.41) is 1.49. The van der Waals surface area contributed by atoms with Gasteiger partial charge in [-0.1, -0.05) is 59.9 Å². The van der Waals surface area contributed by atoms with Crippen molar-refractivity contribution in [2.75, 3.05) is 18.1 Å². The Morgan fingerprint density at radius 2 is 1.80 bits per heavy atom. The van der Waals surface area contributed by atoms with Crippen molar-refractivity contribution in [3.05, 3.63) is 89.7 Å². The predicted octanol–water partition coefficient (Wildman–Crippen LogP) is 6.82. The summed E-state index contributed by atoms with van der Waals surface area (Å²) in [6.45, 7) is 5.68. The Labute approximate surface area is 207 Å². The molecule has 0 unspecified atom stereocenters. The van der Waals surface area contributed by atoms with Gasteiger partial charge in [0.05, 0.1) is 30.0 Å². The Morgan fingerprint density at radius 1 is 1.00 bits per heavy atom. The minimum Gasteiger partial charge on any atom is -0.494 e. The highest BCUT2D eigenvalue weighted by molar-refractivity contribution is 7.22. The van der Waals surface area contributed by atoms with E-state index in [0.29, 0.717) is 37.1 Å². The van der Waals surface area contributed by atoms with Crippen LogP contribution in [0.4, 0.5) is 5.13 Å². The minimum absolute atomic E-state index is 0.246. The molecular weight excluding hydrogens is 460 g/mol. The summed E-state index contributed by atoms with van der Waals surface area (Å²) in [6.07, 6.45) is 0. The van der Waals surface area contributed by atoms with Gasteiger partial charge < -0.3 is 13.9 Å². The standard InChI is InChI=1S/C28H26N2O4S/c1-3-32-18-22-21-12-8-9-13-24(21)34-26(22)27(31)30(17-19-10-6-5-7-11-19)28-29-23-15-14-20(33-4-2)16-25(23)35-28/h5-16H,3-4,17-18H2,1-2H3. The van der Waals surface area contributed by atoms with Crippen LogP contribution in [0.25, 0.3) is 21.2 Å². The van der Waals surface area contributed by atoms with Gasteiger partial charge in [-0.05, 0) is 43.7 Å². The summed E-state index contributed by atoms with van der Waals surface area (Å²) < 4.78 is 18.4. The van der Waals surface area contributed by atoms with Gasteiger partial charge in [-0.2, -0.15) is 0 Å². The number of amides is 1. The average Bonchev–Trinajstić information content (AvgIpc) is 3.47. The first-order valence-electron chi connectivity index (χ1n) is 11.6. The number of ether oxygens (including phenoxy) is 2. The lowest BCUT2D eigenvalue weighted by atomic mass is 10.1. The van der Waals surface area contributed by atoms with Crippen LogP contribution in [0.1, 0.15) is 35.5 Å². The van der Waals surface area contributed by atoms with E-state index in [0.717, 1.165) is 32.5 Å². The van der Waals surface area contributed by atoms with Gasteiger partial charge in [0.1, 0.15) is 11.3 Å². The summed E-state index contributed by atoms with van der Waals surface area (Å²) in [7, 11) is 0. The van der Waals surface area contributed by atoms with Gasteiger partial charge in [-0.15, -0.1) is 0 Å². The second-order valence-corrected chi connectivity index (χ2v) is 8.99. The predicted molar refractivity (Wildman–Crippen MR) is 139 cm³/mol. The number of rotatable bonds is 9. The molecule has 0 bridgehead atoms. The number of benzene rings is 3. The molecule has 5 aromatic rings. The quantitative estimate of drug-likeness (QED) is 0.229. The number of carbonyl (C=O) groups is 1. The maximum Gasteiger partial charge on any atom is 0.296 e. The number of anilines is 1. The fraction of sp³-hybridized carbons (Fsp3) is 0.214. The van der Waals surface area contributed by atoms with Crippen molar-refractivity contribution < 1.29 is 18.7 Å². The third kappa shape index (κ3) is 4.78. The summed E-state index contributed by atoms with van der Waals surface area (Å²) in [5.41, 5.74) is 3.23. The number of nitrogens with zero attached hydrogens (tertiary/aromatic N) is 2. The molecule has 1 amide bonds. The molecule has 0 radical (unpaired) electrons. The van der Waals surface area contributed by atoms with Crippen molar-refractivity contribution in [3.63, 3.8) is 0 Å². The Bertz CT molecular complexity index is 1460. The molecule has 0 spiro atoms. The van der Waals surface area contributed by atoms with Crippen LogP contribution in [0.3, 0.4) is 0 Å². The van der Waals surface area contributed by atoms with Crippen molar-refractivity contribution in [3.8, 4) is 5.75 Å². The minimum atomic E-state index is -0.246. The largest absolute Gasteiger partial charge is 0.494 e. The zero-order chi connectivity index (χ0) is 24.2. The molecule has 7 heteroatoms. The summed E-state index contributed by atoms with van der Waals surface area (Å²) >= 11 is 1.46. The van der Waals surface area contributed by atoms with E-state index in [1.54, 1.807) is 4.90 Å². The fourth-order valence-corrected chi connectivity index (χ4v) is 4.99. The van der Waals surface area contributed by atoms with Gasteiger partial charge in [-0.25, -0.2) is 4.98 Å². The second kappa shape index (κ2) is 10.3. The summed E-state index contributed by atoms with van der Waals surface area (Å²) in [6, 6.07) is 23.3. The number of para-hydroxylation sites is 1. The van der Waals surface area contributed by atoms with Crippen molar-refractivity contribution in [1.82, 2.24) is 4.98 Å². The van der Waals surface area contributed by atoms with Crippen molar-refractivity contribution in [2.24, 2.45) is 0 Å². The smallest absolute Gasteiger partial charge is 0.296 e. The van der Waals surface area contributed by atoms with Crippen LogP contribution in [0.15, 0.2) is 77.2 Å². The number of hydrogen-bond donors (Lipinski definition) is 0. The third-order valence-electron chi connectivity index (χ3n) is 5.66. The molecule has 2 heterocycles. The number of carbonyl (C=O) groups excluding carboxylic acids is 1. The highest BCUT2D eigenvalue weighted by Gasteiger charge is 2.28. The van der Waals surface area contributed by atoms with Gasteiger partial charge in [0.25, 0.3) is 5.91 Å². The van der Waals surface area contributed by atoms with Crippen LogP contribution in [0, 0.1) is 0 Å². The van der Waals surface area contributed by atoms with E-state index in [4.69, 9.17) is 18.9 Å². The van der Waals surface area contributed by atoms with E-state index in [1.165, 1.54) is 11.3 Å². The molecule has 2 aromatic heterocycles. The molecule has 0 atom stereocenters. The van der Waals surface area contributed by atoms with Crippen LogP contribution in [0.2, 0.25) is 0 Å². The molecule has 0 aliphatic rings. The maximum atomic E-state index is 14.1. The Morgan fingerprint density at radius 3 is 2.60 bits per heavy atom. The molecule has 35 heavy (non-hydrogen) atoms. The number of furan rings is 1. The SMILES string of the molecule is CCOCc1c(C(=O)N(Cc2ccccc2)c2nc3ccc(OCC)cc3s2)oc2ccccc12. The number of fused-ring (bicyclic) bond motifs is 2. The Kier molecular flexibility index (Phi) is 6.79. The van der Waals surface area contributed by atoms with Gasteiger partial charge in [-0.3, -0.25) is 9.69 Å². The molecule has 3 aromatic carbocycles. The van der Waals surface area contributed by atoms with Crippen molar-refractivity contribution in [1.29, 1.82) is 0 Å². The first kappa shape index (κ1) is 23.1. The molecule has 0 aliphatic heterocycles. The fourth-order valence-electron chi connectivity index (χ4n) is 4.00. The Hall–Kier alpha value is -3.68. The average molecular weight is 487 g/mol. The summed E-state index contributed by atoms with van der Waals surface area (Å²) in [4.78, 5) is 20.6. The Balaban J connectivity index is 1.60. The highest BCUT2D eigenvalue weighted by atomic mass is 32.1. The van der Waals surface area contributed by atoms with E-state index in [-0.39, 0.29) is 11.7 Å². The van der Waals surface area contributed by atoms with Crippen molar-refractivity contribution >= 4 is 43.6 Å². The third-order valence-corrected chi connectivity index (χ3v) is 6.70. The van der Waals surface area contributed by atoms with Crippen LogP contribution in [-0.4, -0.2) is 24.1 Å². The molecule has 6 nitrogen and oxygen atoms in total. The molecule has 0 N–H and O–H groups in total. The number of hydrogen-bond acceptors (Lipinski definition) is 6. The molecule has 0 saturated carbocycles. The van der Waals surface area contributed by atoms with Crippen LogP contribution in [0.5, 0.6) is 5.75 Å². The lowest BCUT2D eigenvalue weighted by Crippen LogP contribution is -2.30. The topological polar surface area (TPSA) is 64.8 Å². The van der Waals surface area contributed by atoms with Crippen molar-refractivity contribution in [2.45, 2.75) is 27.0 Å². The molecule has 0 aliphatic carbocycles. The second-order valence-electron chi connectivity index (χ2n) is 7.98. The van der Waals surface area contributed by atoms with Gasteiger partial charge in [0, 0.05) is 17.6 Å². The van der Waals surface area contributed by atoms with Gasteiger partial charge in [0.15, 0.2) is 10.9 Å². The van der Waals surface area contributed by atoms with E-state index < -0.39 is 0 Å². The lowest BCUT2D eigenvalue weighted by Gasteiger charge is -2.19. The zero-order valence-corrected chi connectivity index (χ0v) is 20.5. The van der Waals surface area contributed by atoms with E-state index in [2.05, 4.69) is 0 Å². The van der Waals surface area contributed by atoms with E-state index >= 15 is 0 Å². The lowest BCUT2D eigenvalue weighted by molar-refractivity contribution is 0.0947. The van der Waals surface area contributed by atoms with E-state index in [9.17, 15) is 4.79 Å². The maximum absolute atomic E-state index is 14.1. The first-order chi connectivity index (χ1) is 17.2. The number of thiazole rings is 1. The van der Waals surface area contributed by atoms with E-state index in [1.807, 2.05) is 86.6 Å². The van der Waals surface area contributed by atoms with Gasteiger partial charge >= 0.3 is 0 Å². The number of aromatic nitrogens is 1. The van der Waals surface area contributed by atoms with Crippen LogP contribution >= 0.6 is 11.3 Å². The van der Waals surface area contributed by atoms with Crippen LogP contribution < -0.4 is 9.64 Å². The molecule has 0 saturated heterocycles. The molecule has 0 fully saturated rings. The zero-order valence-electron chi connectivity index (χ0n) is 19.7.